The van der Waals surface area contributed by atoms with Crippen LogP contribution in [0.4, 0.5) is 11.6 Å². The SMILES string of the molecule is CC1=C(C(=O)Nc2cccc(C)c2)C(c2ccccc2C(=O)O)n2nc(SCc3ccccc3Cl)nc2N1. The van der Waals surface area contributed by atoms with Crippen LogP contribution in [0.5, 0.6) is 0 Å². The van der Waals surface area contributed by atoms with E-state index < -0.39 is 12.0 Å². The normalized spacial score (nSPS) is 14.6. The van der Waals surface area contributed by atoms with Crippen LogP contribution in [0.15, 0.2) is 89.2 Å². The Bertz CT molecular complexity index is 1580. The number of nitrogens with one attached hydrogen (secondary N) is 2. The van der Waals surface area contributed by atoms with E-state index in [2.05, 4.69) is 15.6 Å². The van der Waals surface area contributed by atoms with Gasteiger partial charge in [-0.25, -0.2) is 9.48 Å². The fourth-order valence-electron chi connectivity index (χ4n) is 4.38. The van der Waals surface area contributed by atoms with Crippen molar-refractivity contribution >= 4 is 46.9 Å². The molecule has 1 atom stereocenters. The molecule has 1 amide bonds. The zero-order valence-corrected chi connectivity index (χ0v) is 22.2. The number of aromatic carboxylic acids is 1. The van der Waals surface area contributed by atoms with Crippen molar-refractivity contribution in [3.63, 3.8) is 0 Å². The number of allylic oxidation sites excluding steroid dienone is 1. The van der Waals surface area contributed by atoms with Crippen LogP contribution >= 0.6 is 23.4 Å². The molecule has 5 rings (SSSR count). The monoisotopic (exact) mass is 545 g/mol. The van der Waals surface area contributed by atoms with Gasteiger partial charge in [-0.2, -0.15) is 4.98 Å². The lowest BCUT2D eigenvalue weighted by Gasteiger charge is -2.29. The van der Waals surface area contributed by atoms with Gasteiger partial charge in [-0.1, -0.05) is 71.9 Å². The lowest BCUT2D eigenvalue weighted by molar-refractivity contribution is -0.113. The molecule has 0 radical (unpaired) electrons. The molecule has 0 aliphatic carbocycles. The van der Waals surface area contributed by atoms with Gasteiger partial charge in [0.25, 0.3) is 5.91 Å². The first kappa shape index (κ1) is 25.6. The number of anilines is 2. The van der Waals surface area contributed by atoms with Crippen molar-refractivity contribution in [3.05, 3.63) is 111 Å². The van der Waals surface area contributed by atoms with Crippen LogP contribution < -0.4 is 10.6 Å². The van der Waals surface area contributed by atoms with Gasteiger partial charge in [0.05, 0.1) is 11.1 Å². The molecule has 2 heterocycles. The molecular weight excluding hydrogens is 522 g/mol. The number of aromatic nitrogens is 3. The van der Waals surface area contributed by atoms with Gasteiger partial charge in [-0.15, -0.1) is 5.10 Å². The van der Waals surface area contributed by atoms with Crippen molar-refractivity contribution in [1.82, 2.24) is 14.8 Å². The average molecular weight is 546 g/mol. The zero-order valence-electron chi connectivity index (χ0n) is 20.6. The first-order valence-corrected chi connectivity index (χ1v) is 13.2. The number of nitrogens with zero attached hydrogens (tertiary/aromatic N) is 3. The molecule has 1 aliphatic rings. The first-order valence-electron chi connectivity index (χ1n) is 11.8. The fourth-order valence-corrected chi connectivity index (χ4v) is 5.50. The maximum atomic E-state index is 13.7. The molecule has 1 aromatic heterocycles. The van der Waals surface area contributed by atoms with Crippen molar-refractivity contribution in [3.8, 4) is 0 Å². The van der Waals surface area contributed by atoms with E-state index in [1.54, 1.807) is 29.8 Å². The number of rotatable bonds is 7. The molecule has 1 aliphatic heterocycles. The summed E-state index contributed by atoms with van der Waals surface area (Å²) in [5, 5.41) is 21.9. The summed E-state index contributed by atoms with van der Waals surface area (Å²) in [6.07, 6.45) is 0. The van der Waals surface area contributed by atoms with Crippen molar-refractivity contribution in [2.75, 3.05) is 10.6 Å². The van der Waals surface area contributed by atoms with Crippen LogP contribution in [0.3, 0.4) is 0 Å². The summed E-state index contributed by atoms with van der Waals surface area (Å²) in [5.41, 5.74) is 4.01. The number of carbonyl (C=O) groups is 2. The second-order valence-corrected chi connectivity index (χ2v) is 10.2. The van der Waals surface area contributed by atoms with Gasteiger partial charge in [0, 0.05) is 22.2 Å². The zero-order chi connectivity index (χ0) is 26.8. The summed E-state index contributed by atoms with van der Waals surface area (Å²) in [6.45, 7) is 3.72. The summed E-state index contributed by atoms with van der Waals surface area (Å²) in [7, 11) is 0. The van der Waals surface area contributed by atoms with E-state index in [-0.39, 0.29) is 11.5 Å². The number of carboxylic acids is 1. The lowest BCUT2D eigenvalue weighted by atomic mass is 9.91. The van der Waals surface area contributed by atoms with Gasteiger partial charge in [0.2, 0.25) is 11.1 Å². The molecule has 0 spiro atoms. The molecule has 4 aromatic rings. The van der Waals surface area contributed by atoms with Crippen molar-refractivity contribution in [1.29, 1.82) is 0 Å². The Morgan fingerprint density at radius 3 is 2.61 bits per heavy atom. The number of carboxylic acid groups (broad SMARTS) is 1. The Kier molecular flexibility index (Phi) is 7.22. The molecular formula is C28H24ClN5O3S. The maximum Gasteiger partial charge on any atom is 0.336 e. The van der Waals surface area contributed by atoms with Gasteiger partial charge < -0.3 is 15.7 Å². The predicted octanol–water partition coefficient (Wildman–Crippen LogP) is 6.16. The van der Waals surface area contributed by atoms with E-state index in [0.29, 0.717) is 44.4 Å². The van der Waals surface area contributed by atoms with Gasteiger partial charge in [-0.05, 0) is 54.8 Å². The molecule has 10 heteroatoms. The first-order chi connectivity index (χ1) is 18.3. The maximum absolute atomic E-state index is 13.7. The van der Waals surface area contributed by atoms with Crippen LogP contribution in [0.25, 0.3) is 0 Å². The van der Waals surface area contributed by atoms with E-state index in [4.69, 9.17) is 16.7 Å². The summed E-state index contributed by atoms with van der Waals surface area (Å²) in [6, 6.07) is 20.9. The van der Waals surface area contributed by atoms with Gasteiger partial charge in [0.15, 0.2) is 0 Å². The van der Waals surface area contributed by atoms with Crippen LogP contribution in [0, 0.1) is 6.92 Å². The largest absolute Gasteiger partial charge is 0.478 e. The summed E-state index contributed by atoms with van der Waals surface area (Å²) < 4.78 is 1.58. The third kappa shape index (κ3) is 5.16. The number of carbonyl (C=O) groups excluding carboxylic acids is 1. The quantitative estimate of drug-likeness (QED) is 0.239. The fraction of sp³-hybridized carbons (Fsp3) is 0.143. The van der Waals surface area contributed by atoms with Crippen LogP contribution in [-0.2, 0) is 10.5 Å². The van der Waals surface area contributed by atoms with Crippen molar-refractivity contribution < 1.29 is 14.7 Å². The van der Waals surface area contributed by atoms with Gasteiger partial charge >= 0.3 is 5.97 Å². The molecule has 0 saturated heterocycles. The number of benzene rings is 3. The van der Waals surface area contributed by atoms with Gasteiger partial charge in [-0.3, -0.25) is 4.79 Å². The topological polar surface area (TPSA) is 109 Å². The van der Waals surface area contributed by atoms with Crippen LogP contribution in [-0.4, -0.2) is 31.7 Å². The Labute approximate surface area is 228 Å². The second-order valence-electron chi connectivity index (χ2n) is 8.82. The highest BCUT2D eigenvalue weighted by Gasteiger charge is 2.36. The number of hydrogen-bond acceptors (Lipinski definition) is 6. The number of halogens is 1. The smallest absolute Gasteiger partial charge is 0.336 e. The number of amides is 1. The molecule has 38 heavy (non-hydrogen) atoms. The van der Waals surface area contributed by atoms with E-state index >= 15 is 0 Å². The summed E-state index contributed by atoms with van der Waals surface area (Å²) in [5.74, 6) is -0.490. The Morgan fingerprint density at radius 2 is 1.84 bits per heavy atom. The van der Waals surface area contributed by atoms with Gasteiger partial charge in [0.1, 0.15) is 6.04 Å². The lowest BCUT2D eigenvalue weighted by Crippen LogP contribution is -2.32. The van der Waals surface area contributed by atoms with E-state index in [9.17, 15) is 14.7 Å². The number of aryl methyl sites for hydroxylation is 1. The third-order valence-electron chi connectivity index (χ3n) is 6.15. The minimum Gasteiger partial charge on any atom is -0.478 e. The predicted molar refractivity (Wildman–Crippen MR) is 149 cm³/mol. The second kappa shape index (κ2) is 10.7. The van der Waals surface area contributed by atoms with E-state index in [1.165, 1.54) is 17.8 Å². The Balaban J connectivity index is 1.55. The minimum atomic E-state index is -1.09. The number of fused-ring (bicyclic) bond motifs is 1. The molecule has 0 fully saturated rings. The Morgan fingerprint density at radius 1 is 1.08 bits per heavy atom. The van der Waals surface area contributed by atoms with Crippen LogP contribution in [0.2, 0.25) is 5.02 Å². The number of thioether (sulfide) groups is 1. The molecule has 192 valence electrons. The Hall–Kier alpha value is -4.08. The molecule has 8 nitrogen and oxygen atoms in total. The minimum absolute atomic E-state index is 0.0831. The van der Waals surface area contributed by atoms with Crippen molar-refractivity contribution in [2.24, 2.45) is 0 Å². The summed E-state index contributed by atoms with van der Waals surface area (Å²) >= 11 is 7.71. The molecule has 0 bridgehead atoms. The molecule has 3 aromatic carbocycles. The van der Waals surface area contributed by atoms with E-state index in [1.807, 2.05) is 55.5 Å². The third-order valence-corrected chi connectivity index (χ3v) is 7.41. The highest BCUT2D eigenvalue weighted by molar-refractivity contribution is 7.98. The molecule has 3 N–H and O–H groups in total. The number of hydrogen-bond donors (Lipinski definition) is 3. The van der Waals surface area contributed by atoms with Crippen molar-refractivity contribution in [2.45, 2.75) is 30.8 Å². The molecule has 0 saturated carbocycles. The molecule has 1 unspecified atom stereocenters. The highest BCUT2D eigenvalue weighted by atomic mass is 35.5. The summed E-state index contributed by atoms with van der Waals surface area (Å²) in [4.78, 5) is 30.5. The van der Waals surface area contributed by atoms with E-state index in [0.717, 1.165) is 11.1 Å². The standard InChI is InChI=1S/C28H24ClN5O3S/c1-16-8-7-10-19(14-16)31-25(35)23-17(2)30-27-32-28(38-15-18-9-3-6-13-22(18)29)33-34(27)24(23)20-11-4-5-12-21(20)26(36)37/h3-14,24H,15H2,1-2H3,(H,31,35)(H,36,37)(H,30,32,33). The average Bonchev–Trinajstić information content (AvgIpc) is 3.29. The van der Waals surface area contributed by atoms with Crippen LogP contribution in [0.1, 0.15) is 40.0 Å². The highest BCUT2D eigenvalue weighted by Crippen LogP contribution is 2.38.